The summed E-state index contributed by atoms with van der Waals surface area (Å²) < 4.78 is 18.5. The molecule has 0 aliphatic heterocycles. The summed E-state index contributed by atoms with van der Waals surface area (Å²) in [5.74, 6) is 0.455. The van der Waals surface area contributed by atoms with E-state index in [0.717, 1.165) is 22.4 Å². The lowest BCUT2D eigenvalue weighted by molar-refractivity contribution is 0.414. The van der Waals surface area contributed by atoms with Gasteiger partial charge >= 0.3 is 0 Å². The van der Waals surface area contributed by atoms with Crippen LogP contribution in [0.1, 0.15) is 19.4 Å². The van der Waals surface area contributed by atoms with Gasteiger partial charge in [-0.25, -0.2) is 4.39 Å². The maximum absolute atomic E-state index is 13.2. The molecule has 0 unspecified atom stereocenters. The van der Waals surface area contributed by atoms with Crippen molar-refractivity contribution in [2.75, 3.05) is 7.11 Å². The Labute approximate surface area is 129 Å². The molecule has 4 heteroatoms. The Kier molecular flexibility index (Phi) is 5.21. The largest absolute Gasteiger partial charge is 0.497 e. The summed E-state index contributed by atoms with van der Waals surface area (Å²) >= 11 is 6.18. The summed E-state index contributed by atoms with van der Waals surface area (Å²) in [5.41, 5.74) is 2.87. The lowest BCUT2D eigenvalue weighted by Gasteiger charge is -2.15. The van der Waals surface area contributed by atoms with Crippen LogP contribution < -0.4 is 10.1 Å². The SMILES string of the molecule is COc1ccc(-c2ccc(F)cc2Cl)c(CNC(C)C)c1. The Morgan fingerprint density at radius 2 is 1.86 bits per heavy atom. The maximum atomic E-state index is 13.2. The molecule has 0 radical (unpaired) electrons. The van der Waals surface area contributed by atoms with E-state index in [1.807, 2.05) is 18.2 Å². The van der Waals surface area contributed by atoms with Gasteiger partial charge in [-0.2, -0.15) is 0 Å². The highest BCUT2D eigenvalue weighted by Crippen LogP contribution is 2.33. The van der Waals surface area contributed by atoms with E-state index in [1.54, 1.807) is 13.2 Å². The van der Waals surface area contributed by atoms with Gasteiger partial charge in [0.15, 0.2) is 0 Å². The van der Waals surface area contributed by atoms with E-state index in [1.165, 1.54) is 12.1 Å². The van der Waals surface area contributed by atoms with Crippen LogP contribution in [0.5, 0.6) is 5.75 Å². The van der Waals surface area contributed by atoms with Crippen molar-refractivity contribution in [3.05, 3.63) is 52.8 Å². The molecule has 0 spiro atoms. The Morgan fingerprint density at radius 3 is 2.48 bits per heavy atom. The normalized spacial score (nSPS) is 11.0. The Bertz CT molecular complexity index is 628. The first kappa shape index (κ1) is 15.8. The molecule has 0 saturated carbocycles. The van der Waals surface area contributed by atoms with Crippen molar-refractivity contribution in [1.82, 2.24) is 5.32 Å². The number of methoxy groups -OCH3 is 1. The molecule has 0 atom stereocenters. The molecule has 0 bridgehead atoms. The third-order valence-corrected chi connectivity index (χ3v) is 3.55. The van der Waals surface area contributed by atoms with E-state index >= 15 is 0 Å². The van der Waals surface area contributed by atoms with E-state index in [2.05, 4.69) is 19.2 Å². The third-order valence-electron chi connectivity index (χ3n) is 3.23. The summed E-state index contributed by atoms with van der Waals surface area (Å²) in [4.78, 5) is 0. The van der Waals surface area contributed by atoms with E-state index in [-0.39, 0.29) is 5.82 Å². The number of hydrogen-bond acceptors (Lipinski definition) is 2. The van der Waals surface area contributed by atoms with Crippen LogP contribution in [0.25, 0.3) is 11.1 Å². The molecule has 2 aromatic carbocycles. The second kappa shape index (κ2) is 6.92. The summed E-state index contributed by atoms with van der Waals surface area (Å²) in [6.45, 7) is 4.87. The van der Waals surface area contributed by atoms with Gasteiger partial charge in [-0.1, -0.05) is 31.5 Å². The van der Waals surface area contributed by atoms with E-state index in [4.69, 9.17) is 16.3 Å². The summed E-state index contributed by atoms with van der Waals surface area (Å²) in [6.07, 6.45) is 0. The van der Waals surface area contributed by atoms with Crippen molar-refractivity contribution in [2.24, 2.45) is 0 Å². The fraction of sp³-hybridized carbons (Fsp3) is 0.294. The first-order chi connectivity index (χ1) is 10.0. The highest BCUT2D eigenvalue weighted by Gasteiger charge is 2.11. The number of benzene rings is 2. The first-order valence-electron chi connectivity index (χ1n) is 6.87. The lowest BCUT2D eigenvalue weighted by atomic mass is 9.99. The van der Waals surface area contributed by atoms with Crippen LogP contribution in [-0.4, -0.2) is 13.2 Å². The molecule has 0 fully saturated rings. The van der Waals surface area contributed by atoms with Crippen LogP contribution in [-0.2, 0) is 6.54 Å². The predicted octanol–water partition coefficient (Wildman–Crippen LogP) is 4.65. The zero-order chi connectivity index (χ0) is 15.4. The van der Waals surface area contributed by atoms with Crippen LogP contribution >= 0.6 is 11.6 Å². The summed E-state index contributed by atoms with van der Waals surface area (Å²) in [7, 11) is 1.64. The minimum absolute atomic E-state index is 0.334. The zero-order valence-corrected chi connectivity index (χ0v) is 13.2. The molecule has 0 heterocycles. The number of halogens is 2. The van der Waals surface area contributed by atoms with E-state index in [0.29, 0.717) is 17.6 Å². The summed E-state index contributed by atoms with van der Waals surface area (Å²) in [6, 6.07) is 10.6. The van der Waals surface area contributed by atoms with Gasteiger partial charge in [0.1, 0.15) is 11.6 Å². The molecular weight excluding hydrogens is 289 g/mol. The van der Waals surface area contributed by atoms with Crippen LogP contribution in [0.2, 0.25) is 5.02 Å². The minimum Gasteiger partial charge on any atom is -0.497 e. The van der Waals surface area contributed by atoms with Crippen LogP contribution in [0.15, 0.2) is 36.4 Å². The summed E-state index contributed by atoms with van der Waals surface area (Å²) in [5, 5.41) is 3.79. The van der Waals surface area contributed by atoms with Crippen molar-refractivity contribution in [3.8, 4) is 16.9 Å². The van der Waals surface area contributed by atoms with Gasteiger partial charge in [0.25, 0.3) is 0 Å². The highest BCUT2D eigenvalue weighted by molar-refractivity contribution is 6.33. The molecule has 0 aromatic heterocycles. The zero-order valence-electron chi connectivity index (χ0n) is 12.4. The van der Waals surface area contributed by atoms with Gasteiger partial charge in [0.05, 0.1) is 12.1 Å². The van der Waals surface area contributed by atoms with Gasteiger partial charge in [0.2, 0.25) is 0 Å². The molecular formula is C17H19ClFNO. The number of ether oxygens (including phenoxy) is 1. The first-order valence-corrected chi connectivity index (χ1v) is 7.24. The molecule has 0 aliphatic rings. The molecule has 2 rings (SSSR count). The van der Waals surface area contributed by atoms with Crippen LogP contribution in [0.4, 0.5) is 4.39 Å². The molecule has 1 N–H and O–H groups in total. The standard InChI is InChI=1S/C17H19ClFNO/c1-11(2)20-10-12-8-14(21-3)5-7-15(12)16-6-4-13(19)9-17(16)18/h4-9,11,20H,10H2,1-3H3. The van der Waals surface area contributed by atoms with Gasteiger partial charge in [0, 0.05) is 18.2 Å². The maximum Gasteiger partial charge on any atom is 0.124 e. The predicted molar refractivity (Wildman–Crippen MR) is 85.4 cm³/mol. The van der Waals surface area contributed by atoms with Crippen molar-refractivity contribution in [1.29, 1.82) is 0 Å². The number of rotatable bonds is 5. The van der Waals surface area contributed by atoms with Gasteiger partial charge < -0.3 is 10.1 Å². The molecule has 0 aliphatic carbocycles. The lowest BCUT2D eigenvalue weighted by Crippen LogP contribution is -2.22. The second-order valence-corrected chi connectivity index (χ2v) is 5.59. The second-order valence-electron chi connectivity index (χ2n) is 5.18. The highest BCUT2D eigenvalue weighted by atomic mass is 35.5. The third kappa shape index (κ3) is 3.96. The van der Waals surface area contributed by atoms with Crippen molar-refractivity contribution < 1.29 is 9.13 Å². The fourth-order valence-electron chi connectivity index (χ4n) is 2.13. The topological polar surface area (TPSA) is 21.3 Å². The van der Waals surface area contributed by atoms with Crippen LogP contribution in [0.3, 0.4) is 0 Å². The number of hydrogen-bond donors (Lipinski definition) is 1. The fourth-order valence-corrected chi connectivity index (χ4v) is 2.40. The van der Waals surface area contributed by atoms with Crippen LogP contribution in [0, 0.1) is 5.82 Å². The van der Waals surface area contributed by atoms with E-state index in [9.17, 15) is 4.39 Å². The van der Waals surface area contributed by atoms with Crippen molar-refractivity contribution in [2.45, 2.75) is 26.4 Å². The van der Waals surface area contributed by atoms with Gasteiger partial charge in [-0.3, -0.25) is 0 Å². The smallest absolute Gasteiger partial charge is 0.124 e. The monoisotopic (exact) mass is 307 g/mol. The molecule has 2 nitrogen and oxygen atoms in total. The van der Waals surface area contributed by atoms with Gasteiger partial charge in [-0.05, 0) is 41.5 Å². The Balaban J connectivity index is 2.45. The van der Waals surface area contributed by atoms with Gasteiger partial charge in [-0.15, -0.1) is 0 Å². The molecule has 2 aromatic rings. The minimum atomic E-state index is -0.334. The van der Waals surface area contributed by atoms with E-state index < -0.39 is 0 Å². The van der Waals surface area contributed by atoms with Crippen molar-refractivity contribution >= 4 is 11.6 Å². The quantitative estimate of drug-likeness (QED) is 0.868. The van der Waals surface area contributed by atoms with Crippen molar-refractivity contribution in [3.63, 3.8) is 0 Å². The molecule has 0 saturated heterocycles. The Morgan fingerprint density at radius 1 is 1.14 bits per heavy atom. The Hall–Kier alpha value is -1.58. The number of nitrogens with one attached hydrogen (secondary N) is 1. The average Bonchev–Trinajstić information content (AvgIpc) is 2.45. The average molecular weight is 308 g/mol. The molecule has 0 amide bonds. The molecule has 112 valence electrons. The molecule has 21 heavy (non-hydrogen) atoms.